The predicted molar refractivity (Wildman–Crippen MR) is 102 cm³/mol. The Kier molecular flexibility index (Phi) is 6.25. The number of nitrogens with zero attached hydrogens (tertiary/aromatic N) is 1. The molecule has 1 saturated heterocycles. The van der Waals surface area contributed by atoms with E-state index in [0.29, 0.717) is 5.02 Å². The van der Waals surface area contributed by atoms with Crippen LogP contribution in [0, 0.1) is 0 Å². The molecule has 5 nitrogen and oxygen atoms in total. The normalized spacial score (nSPS) is 21.5. The van der Waals surface area contributed by atoms with Gasteiger partial charge in [0.15, 0.2) is 0 Å². The van der Waals surface area contributed by atoms with Gasteiger partial charge in [-0.3, -0.25) is 9.59 Å². The summed E-state index contributed by atoms with van der Waals surface area (Å²) >= 11 is 7.39. The van der Waals surface area contributed by atoms with Gasteiger partial charge in [-0.2, -0.15) is 0 Å². The molecule has 136 valence electrons. The number of nitrogens with one attached hydrogen (secondary N) is 2. The zero-order valence-electron chi connectivity index (χ0n) is 14.4. The Labute approximate surface area is 157 Å². The van der Waals surface area contributed by atoms with Gasteiger partial charge in [0, 0.05) is 35.5 Å². The molecule has 1 fully saturated rings. The first-order valence-corrected chi connectivity index (χ1v) is 10.1. The molecule has 2 amide bonds. The summed E-state index contributed by atoms with van der Waals surface area (Å²) < 4.78 is 0. The highest BCUT2D eigenvalue weighted by atomic mass is 35.5. The lowest BCUT2D eigenvalue weighted by atomic mass is 10.0. The predicted octanol–water partition coefficient (Wildman–Crippen LogP) is 3.13. The molecule has 3 rings (SSSR count). The molecule has 1 atom stereocenters. The Morgan fingerprint density at radius 3 is 2.88 bits per heavy atom. The molecular formula is C18H24ClN3O2S. The zero-order chi connectivity index (χ0) is 17.8. The number of hydrogen-bond acceptors (Lipinski definition) is 4. The summed E-state index contributed by atoms with van der Waals surface area (Å²) in [5.74, 6) is -0.174. The molecule has 1 aromatic carbocycles. The fourth-order valence-electron chi connectivity index (χ4n) is 3.33. The molecule has 0 radical (unpaired) electrons. The summed E-state index contributed by atoms with van der Waals surface area (Å²) in [6.07, 6.45) is 3.33. The second kappa shape index (κ2) is 8.43. The van der Waals surface area contributed by atoms with Crippen molar-refractivity contribution in [1.29, 1.82) is 0 Å². The lowest BCUT2D eigenvalue weighted by molar-refractivity contribution is -0.124. The van der Waals surface area contributed by atoms with Gasteiger partial charge < -0.3 is 15.5 Å². The molecule has 1 aromatic rings. The fraction of sp³-hybridized carbons (Fsp3) is 0.556. The number of halogens is 1. The van der Waals surface area contributed by atoms with Gasteiger partial charge in [-0.05, 0) is 44.0 Å². The van der Waals surface area contributed by atoms with E-state index in [4.69, 9.17) is 11.6 Å². The molecular weight excluding hydrogens is 358 g/mol. The van der Waals surface area contributed by atoms with E-state index in [2.05, 4.69) is 22.5 Å². The number of benzene rings is 1. The zero-order valence-corrected chi connectivity index (χ0v) is 16.0. The van der Waals surface area contributed by atoms with Gasteiger partial charge in [-0.1, -0.05) is 18.5 Å². The smallest absolute Gasteiger partial charge is 0.238 e. The number of thioether (sulfide) groups is 1. The monoisotopic (exact) mass is 381 g/mol. The van der Waals surface area contributed by atoms with Crippen molar-refractivity contribution >= 4 is 40.9 Å². The molecule has 1 unspecified atom stereocenters. The highest BCUT2D eigenvalue weighted by Crippen LogP contribution is 2.38. The summed E-state index contributed by atoms with van der Waals surface area (Å²) in [4.78, 5) is 28.0. The van der Waals surface area contributed by atoms with Gasteiger partial charge in [-0.15, -0.1) is 11.8 Å². The molecule has 2 aliphatic rings. The summed E-state index contributed by atoms with van der Waals surface area (Å²) in [6.45, 7) is 5.38. The van der Waals surface area contributed by atoms with E-state index in [0.717, 1.165) is 49.5 Å². The van der Waals surface area contributed by atoms with E-state index in [1.807, 2.05) is 6.07 Å². The number of anilines is 1. The van der Waals surface area contributed by atoms with Crippen LogP contribution in [0.25, 0.3) is 0 Å². The van der Waals surface area contributed by atoms with Crippen molar-refractivity contribution < 1.29 is 9.59 Å². The largest absolute Gasteiger partial charge is 0.353 e. The van der Waals surface area contributed by atoms with Crippen LogP contribution in [-0.2, 0) is 9.59 Å². The number of fused-ring (bicyclic) bond motifs is 1. The summed E-state index contributed by atoms with van der Waals surface area (Å²) in [6, 6.07) is 5.65. The molecule has 0 bridgehead atoms. The molecule has 0 aliphatic carbocycles. The van der Waals surface area contributed by atoms with E-state index in [9.17, 15) is 9.59 Å². The molecule has 7 heteroatoms. The topological polar surface area (TPSA) is 61.4 Å². The maximum absolute atomic E-state index is 12.4. The number of amides is 2. The van der Waals surface area contributed by atoms with Crippen LogP contribution in [0.2, 0.25) is 5.02 Å². The standard InChI is InChI=1S/C18H24ClN3O2S/c1-2-7-22-8-5-13(6-9-22)20-17(23)11-16-18(24)21-14-10-12(19)3-4-15(14)25-16/h3-4,10,13,16H,2,5-9,11H2,1H3,(H,20,23)(H,21,24). The Hall–Kier alpha value is -1.24. The van der Waals surface area contributed by atoms with Gasteiger partial charge in [0.2, 0.25) is 11.8 Å². The van der Waals surface area contributed by atoms with Crippen LogP contribution in [0.15, 0.2) is 23.1 Å². The first-order valence-electron chi connectivity index (χ1n) is 8.84. The molecule has 2 aliphatic heterocycles. The molecule has 0 saturated carbocycles. The number of rotatable bonds is 5. The second-order valence-corrected chi connectivity index (χ2v) is 8.30. The molecule has 2 heterocycles. The first-order chi connectivity index (χ1) is 12.0. The summed E-state index contributed by atoms with van der Waals surface area (Å²) in [7, 11) is 0. The van der Waals surface area contributed by atoms with Crippen molar-refractivity contribution in [1.82, 2.24) is 10.2 Å². The molecule has 2 N–H and O–H groups in total. The number of carbonyl (C=O) groups is 2. The SMILES string of the molecule is CCCN1CCC(NC(=O)CC2Sc3ccc(Cl)cc3NC2=O)CC1. The van der Waals surface area contributed by atoms with Crippen LogP contribution in [-0.4, -0.2) is 47.6 Å². The lowest BCUT2D eigenvalue weighted by Crippen LogP contribution is -2.46. The minimum atomic E-state index is -0.395. The van der Waals surface area contributed by atoms with Gasteiger partial charge >= 0.3 is 0 Å². The average Bonchev–Trinajstić information content (AvgIpc) is 2.58. The number of likely N-dealkylation sites (tertiary alicyclic amines) is 1. The van der Waals surface area contributed by atoms with Crippen molar-refractivity contribution in [3.63, 3.8) is 0 Å². The number of carbonyl (C=O) groups excluding carboxylic acids is 2. The minimum absolute atomic E-state index is 0.0426. The van der Waals surface area contributed by atoms with Crippen LogP contribution < -0.4 is 10.6 Å². The van der Waals surface area contributed by atoms with Gasteiger partial charge in [-0.25, -0.2) is 0 Å². The maximum Gasteiger partial charge on any atom is 0.238 e. The number of piperidine rings is 1. The van der Waals surface area contributed by atoms with Gasteiger partial charge in [0.25, 0.3) is 0 Å². The Balaban J connectivity index is 1.50. The first kappa shape index (κ1) is 18.5. The maximum atomic E-state index is 12.4. The average molecular weight is 382 g/mol. The van der Waals surface area contributed by atoms with Crippen molar-refractivity contribution in [3.05, 3.63) is 23.2 Å². The Morgan fingerprint density at radius 1 is 1.40 bits per heavy atom. The molecule has 25 heavy (non-hydrogen) atoms. The van der Waals surface area contributed by atoms with E-state index in [1.165, 1.54) is 11.8 Å². The lowest BCUT2D eigenvalue weighted by Gasteiger charge is -2.32. The summed E-state index contributed by atoms with van der Waals surface area (Å²) in [5, 5.41) is 6.14. The van der Waals surface area contributed by atoms with Crippen molar-refractivity contribution in [2.24, 2.45) is 0 Å². The van der Waals surface area contributed by atoms with Crippen molar-refractivity contribution in [2.45, 2.75) is 48.8 Å². The van der Waals surface area contributed by atoms with Crippen LogP contribution in [0.4, 0.5) is 5.69 Å². The van der Waals surface area contributed by atoms with Crippen molar-refractivity contribution in [3.8, 4) is 0 Å². The highest BCUT2D eigenvalue weighted by Gasteiger charge is 2.30. The van der Waals surface area contributed by atoms with Crippen LogP contribution in [0.3, 0.4) is 0 Å². The molecule has 0 spiro atoms. The highest BCUT2D eigenvalue weighted by molar-refractivity contribution is 8.01. The van der Waals surface area contributed by atoms with E-state index in [1.54, 1.807) is 12.1 Å². The van der Waals surface area contributed by atoms with E-state index < -0.39 is 5.25 Å². The van der Waals surface area contributed by atoms with E-state index in [-0.39, 0.29) is 24.3 Å². The van der Waals surface area contributed by atoms with Crippen molar-refractivity contribution in [2.75, 3.05) is 25.0 Å². The van der Waals surface area contributed by atoms with Crippen LogP contribution in [0.1, 0.15) is 32.6 Å². The number of hydrogen-bond donors (Lipinski definition) is 2. The van der Waals surface area contributed by atoms with Crippen LogP contribution in [0.5, 0.6) is 0 Å². The van der Waals surface area contributed by atoms with Crippen LogP contribution >= 0.6 is 23.4 Å². The third-order valence-corrected chi connectivity index (χ3v) is 6.13. The van der Waals surface area contributed by atoms with Gasteiger partial charge in [0.05, 0.1) is 10.9 Å². The minimum Gasteiger partial charge on any atom is -0.353 e. The second-order valence-electron chi connectivity index (χ2n) is 6.62. The Bertz CT molecular complexity index is 647. The van der Waals surface area contributed by atoms with Gasteiger partial charge in [0.1, 0.15) is 0 Å². The van der Waals surface area contributed by atoms with E-state index >= 15 is 0 Å². The fourth-order valence-corrected chi connectivity index (χ4v) is 4.59. The Morgan fingerprint density at radius 2 is 2.16 bits per heavy atom. The summed E-state index contributed by atoms with van der Waals surface area (Å²) in [5.41, 5.74) is 0.724. The third-order valence-electron chi connectivity index (χ3n) is 4.62. The third kappa shape index (κ3) is 4.90. The molecule has 0 aromatic heterocycles. The quantitative estimate of drug-likeness (QED) is 0.822.